The average molecular weight is 346 g/mol. The summed E-state index contributed by atoms with van der Waals surface area (Å²) in [7, 11) is 0. The van der Waals surface area contributed by atoms with E-state index in [1.807, 2.05) is 13.0 Å². The molecular weight excluding hydrogens is 320 g/mol. The molecule has 0 aliphatic heterocycles. The predicted octanol–water partition coefficient (Wildman–Crippen LogP) is 4.49. The first-order valence-corrected chi connectivity index (χ1v) is 9.01. The third kappa shape index (κ3) is 4.39. The summed E-state index contributed by atoms with van der Waals surface area (Å²) in [6.07, 6.45) is 0.925. The van der Waals surface area contributed by atoms with E-state index in [4.69, 9.17) is 5.73 Å². The van der Waals surface area contributed by atoms with E-state index >= 15 is 0 Å². The second kappa shape index (κ2) is 8.00. The van der Waals surface area contributed by atoms with Gasteiger partial charge in [-0.1, -0.05) is 60.2 Å². The highest BCUT2D eigenvalue weighted by molar-refractivity contribution is 5.43. The normalized spacial score (nSPS) is 12.0. The maximum Gasteiger partial charge on any atom is 0.228 e. The lowest BCUT2D eigenvalue weighted by atomic mass is 10.1. The third-order valence-electron chi connectivity index (χ3n) is 4.63. The summed E-state index contributed by atoms with van der Waals surface area (Å²) in [6.45, 7) is 7.07. The molecule has 0 amide bonds. The number of aryl methyl sites for hydroxylation is 2. The topological polar surface area (TPSA) is 55.0 Å². The molecule has 26 heavy (non-hydrogen) atoms. The molecule has 0 bridgehead atoms. The molecule has 3 aromatic rings. The quantitative estimate of drug-likeness (QED) is 0.715. The molecule has 0 fully saturated rings. The maximum absolute atomic E-state index is 5.98. The van der Waals surface area contributed by atoms with Crippen LogP contribution in [0, 0.1) is 13.8 Å². The van der Waals surface area contributed by atoms with Gasteiger partial charge in [-0.3, -0.25) is 0 Å². The van der Waals surface area contributed by atoms with Crippen molar-refractivity contribution in [2.45, 2.75) is 33.2 Å². The van der Waals surface area contributed by atoms with Crippen LogP contribution in [0.25, 0.3) is 0 Å². The lowest BCUT2D eigenvalue weighted by Crippen LogP contribution is -2.31. The molecule has 1 atom stereocenters. The Morgan fingerprint density at radius 1 is 0.962 bits per heavy atom. The highest BCUT2D eigenvalue weighted by Gasteiger charge is 2.19. The fraction of sp³-hybridized carbons (Fsp3) is 0.273. The molecule has 0 unspecified atom stereocenters. The second-order valence-corrected chi connectivity index (χ2v) is 6.75. The van der Waals surface area contributed by atoms with Crippen LogP contribution in [0.15, 0.2) is 60.7 Å². The summed E-state index contributed by atoms with van der Waals surface area (Å²) in [5, 5.41) is 0. The van der Waals surface area contributed by atoms with Crippen molar-refractivity contribution in [3.8, 4) is 0 Å². The summed E-state index contributed by atoms with van der Waals surface area (Å²) in [6, 6.07) is 21.1. The van der Waals surface area contributed by atoms with Crippen LogP contribution in [0.2, 0.25) is 0 Å². The third-order valence-corrected chi connectivity index (χ3v) is 4.63. The van der Waals surface area contributed by atoms with Crippen molar-refractivity contribution in [3.05, 3.63) is 83.0 Å². The van der Waals surface area contributed by atoms with Crippen molar-refractivity contribution in [2.75, 3.05) is 17.2 Å². The molecule has 4 heteroatoms. The molecule has 0 aliphatic rings. The number of hydrogen-bond acceptors (Lipinski definition) is 4. The highest BCUT2D eigenvalue weighted by Crippen LogP contribution is 2.25. The summed E-state index contributed by atoms with van der Waals surface area (Å²) >= 11 is 0. The van der Waals surface area contributed by atoms with Crippen molar-refractivity contribution in [2.24, 2.45) is 0 Å². The van der Waals surface area contributed by atoms with Crippen LogP contribution in [0.5, 0.6) is 0 Å². The Morgan fingerprint density at radius 2 is 1.65 bits per heavy atom. The van der Waals surface area contributed by atoms with Crippen LogP contribution in [0.4, 0.5) is 11.8 Å². The van der Waals surface area contributed by atoms with Gasteiger partial charge < -0.3 is 10.6 Å². The van der Waals surface area contributed by atoms with E-state index in [0.717, 1.165) is 18.7 Å². The number of nitrogens with zero attached hydrogens (tertiary/aromatic N) is 3. The van der Waals surface area contributed by atoms with E-state index in [2.05, 4.69) is 77.2 Å². The SMILES string of the molecule is Cc1ccc(CCN(c2nc(C)cc(N)n2)[C@@H](C)c2ccccc2)cc1. The van der Waals surface area contributed by atoms with Crippen molar-refractivity contribution in [1.82, 2.24) is 9.97 Å². The summed E-state index contributed by atoms with van der Waals surface area (Å²) < 4.78 is 0. The van der Waals surface area contributed by atoms with Crippen molar-refractivity contribution in [1.29, 1.82) is 0 Å². The monoisotopic (exact) mass is 346 g/mol. The van der Waals surface area contributed by atoms with E-state index in [1.54, 1.807) is 6.07 Å². The fourth-order valence-corrected chi connectivity index (χ4v) is 3.09. The van der Waals surface area contributed by atoms with Gasteiger partial charge in [-0.2, -0.15) is 4.98 Å². The van der Waals surface area contributed by atoms with Crippen molar-refractivity contribution in [3.63, 3.8) is 0 Å². The van der Waals surface area contributed by atoms with Gasteiger partial charge in [0.1, 0.15) is 5.82 Å². The zero-order valence-electron chi connectivity index (χ0n) is 15.7. The average Bonchev–Trinajstić information content (AvgIpc) is 2.63. The Morgan fingerprint density at radius 3 is 2.31 bits per heavy atom. The van der Waals surface area contributed by atoms with E-state index in [-0.39, 0.29) is 6.04 Å². The number of nitrogen functional groups attached to an aromatic ring is 1. The Kier molecular flexibility index (Phi) is 5.52. The van der Waals surface area contributed by atoms with Crippen LogP contribution >= 0.6 is 0 Å². The molecule has 2 N–H and O–H groups in total. The Bertz CT molecular complexity index is 824. The number of nitrogens with two attached hydrogens (primary N) is 1. The summed E-state index contributed by atoms with van der Waals surface area (Å²) in [5.41, 5.74) is 10.7. The lowest BCUT2D eigenvalue weighted by Gasteiger charge is -2.30. The minimum Gasteiger partial charge on any atom is -0.384 e. The molecule has 0 saturated carbocycles. The van der Waals surface area contributed by atoms with E-state index in [1.165, 1.54) is 16.7 Å². The van der Waals surface area contributed by atoms with E-state index < -0.39 is 0 Å². The maximum atomic E-state index is 5.98. The van der Waals surface area contributed by atoms with Crippen LogP contribution in [0.1, 0.15) is 35.3 Å². The van der Waals surface area contributed by atoms with Crippen molar-refractivity contribution < 1.29 is 0 Å². The van der Waals surface area contributed by atoms with Gasteiger partial charge in [0.15, 0.2) is 0 Å². The predicted molar refractivity (Wildman–Crippen MR) is 108 cm³/mol. The number of hydrogen-bond donors (Lipinski definition) is 1. The van der Waals surface area contributed by atoms with Crippen molar-refractivity contribution >= 4 is 11.8 Å². The minimum atomic E-state index is 0.155. The Balaban J connectivity index is 1.88. The largest absolute Gasteiger partial charge is 0.384 e. The zero-order chi connectivity index (χ0) is 18.5. The molecule has 0 saturated heterocycles. The fourth-order valence-electron chi connectivity index (χ4n) is 3.09. The van der Waals surface area contributed by atoms with Crippen LogP contribution < -0.4 is 10.6 Å². The molecular formula is C22H26N4. The van der Waals surface area contributed by atoms with Gasteiger partial charge in [-0.05, 0) is 38.3 Å². The molecule has 134 valence electrons. The van der Waals surface area contributed by atoms with E-state index in [9.17, 15) is 0 Å². The number of aromatic nitrogens is 2. The molecule has 0 spiro atoms. The molecule has 1 heterocycles. The molecule has 2 aromatic carbocycles. The number of rotatable bonds is 6. The van der Waals surface area contributed by atoms with Gasteiger partial charge in [0.2, 0.25) is 5.95 Å². The van der Waals surface area contributed by atoms with Crippen LogP contribution in [-0.2, 0) is 6.42 Å². The number of anilines is 2. The molecule has 0 aliphatic carbocycles. The van der Waals surface area contributed by atoms with Gasteiger partial charge >= 0.3 is 0 Å². The summed E-state index contributed by atoms with van der Waals surface area (Å²) in [5.74, 6) is 1.19. The lowest BCUT2D eigenvalue weighted by molar-refractivity contribution is 0.646. The first kappa shape index (κ1) is 17.9. The first-order chi connectivity index (χ1) is 12.5. The summed E-state index contributed by atoms with van der Waals surface area (Å²) in [4.78, 5) is 11.4. The smallest absolute Gasteiger partial charge is 0.228 e. The van der Waals surface area contributed by atoms with Gasteiger partial charge in [-0.25, -0.2) is 4.98 Å². The van der Waals surface area contributed by atoms with Gasteiger partial charge in [0.05, 0.1) is 6.04 Å². The van der Waals surface area contributed by atoms with Crippen LogP contribution in [0.3, 0.4) is 0 Å². The molecule has 4 nitrogen and oxygen atoms in total. The molecule has 1 aromatic heterocycles. The minimum absolute atomic E-state index is 0.155. The van der Waals surface area contributed by atoms with Crippen LogP contribution in [-0.4, -0.2) is 16.5 Å². The Labute approximate surface area is 155 Å². The van der Waals surface area contributed by atoms with Gasteiger partial charge in [-0.15, -0.1) is 0 Å². The molecule has 3 rings (SSSR count). The van der Waals surface area contributed by atoms with E-state index in [0.29, 0.717) is 11.8 Å². The van der Waals surface area contributed by atoms with Gasteiger partial charge in [0.25, 0.3) is 0 Å². The zero-order valence-corrected chi connectivity index (χ0v) is 15.7. The second-order valence-electron chi connectivity index (χ2n) is 6.75. The first-order valence-electron chi connectivity index (χ1n) is 9.01. The molecule has 0 radical (unpaired) electrons. The standard InChI is InChI=1S/C22H26N4/c1-16-9-11-19(12-10-16)13-14-26(18(3)20-7-5-4-6-8-20)22-24-17(2)15-21(23)25-22/h4-12,15,18H,13-14H2,1-3H3,(H2,23,24,25)/t18-/m0/s1. The number of benzene rings is 2. The Hall–Kier alpha value is -2.88. The van der Waals surface area contributed by atoms with Gasteiger partial charge in [0, 0.05) is 18.3 Å². The highest BCUT2D eigenvalue weighted by atomic mass is 15.3.